The zero-order chi connectivity index (χ0) is 19.6. The number of anilines is 1. The van der Waals surface area contributed by atoms with Crippen LogP contribution in [-0.4, -0.2) is 34.9 Å². The minimum Gasteiger partial charge on any atom is -0.469 e. The van der Waals surface area contributed by atoms with Gasteiger partial charge in [-0.25, -0.2) is 4.98 Å². The number of aromatic nitrogens is 1. The second-order valence-electron chi connectivity index (χ2n) is 8.28. The quantitative estimate of drug-likeness (QED) is 0.608. The van der Waals surface area contributed by atoms with Crippen molar-refractivity contribution >= 4 is 33.1 Å². The van der Waals surface area contributed by atoms with E-state index in [9.17, 15) is 4.79 Å². The largest absolute Gasteiger partial charge is 0.469 e. The van der Waals surface area contributed by atoms with Crippen LogP contribution in [0, 0.1) is 0 Å². The van der Waals surface area contributed by atoms with E-state index in [-0.39, 0.29) is 5.91 Å². The molecule has 1 aliphatic heterocycles. The number of piperidine rings is 1. The van der Waals surface area contributed by atoms with Gasteiger partial charge in [-0.3, -0.25) is 4.79 Å². The van der Waals surface area contributed by atoms with Crippen LogP contribution in [0.3, 0.4) is 0 Å². The van der Waals surface area contributed by atoms with E-state index in [1.165, 1.54) is 50.2 Å². The predicted octanol–water partition coefficient (Wildman–Crippen LogP) is 5.19. The lowest BCUT2D eigenvalue weighted by Gasteiger charge is -2.43. The molecule has 0 radical (unpaired) electrons. The summed E-state index contributed by atoms with van der Waals surface area (Å²) in [6.07, 6.45) is 9.28. The molecule has 1 aromatic carbocycles. The van der Waals surface area contributed by atoms with Crippen molar-refractivity contribution < 1.29 is 9.21 Å². The molecule has 1 aliphatic carbocycles. The number of rotatable bonds is 6. The fraction of sp³-hybridized carbons (Fsp3) is 0.478. The lowest BCUT2D eigenvalue weighted by molar-refractivity contribution is -0.116. The van der Waals surface area contributed by atoms with Crippen LogP contribution >= 0.6 is 11.3 Å². The molecule has 1 N–H and O–H groups in total. The molecule has 0 unspecified atom stereocenters. The van der Waals surface area contributed by atoms with Gasteiger partial charge in [0.2, 0.25) is 5.91 Å². The average molecular weight is 410 g/mol. The lowest BCUT2D eigenvalue weighted by atomic mass is 9.79. The van der Waals surface area contributed by atoms with Gasteiger partial charge >= 0.3 is 0 Å². The maximum absolute atomic E-state index is 12.2. The Bertz CT molecular complexity index is 969. The number of nitrogens with one attached hydrogen (secondary N) is 1. The molecule has 1 saturated heterocycles. The Kier molecular flexibility index (Phi) is 5.38. The Labute approximate surface area is 175 Å². The van der Waals surface area contributed by atoms with E-state index in [4.69, 9.17) is 9.40 Å². The molecular weight excluding hydrogens is 382 g/mol. The van der Waals surface area contributed by atoms with Crippen LogP contribution in [0.15, 0.2) is 41.0 Å². The molecule has 3 heterocycles. The summed E-state index contributed by atoms with van der Waals surface area (Å²) in [6, 6.07) is 10.5. The number of amides is 1. The van der Waals surface area contributed by atoms with Crippen LogP contribution < -0.4 is 5.32 Å². The second-order valence-corrected chi connectivity index (χ2v) is 9.34. The molecule has 0 atom stereocenters. The van der Waals surface area contributed by atoms with E-state index in [1.54, 1.807) is 17.6 Å². The molecule has 1 amide bonds. The Morgan fingerprint density at radius 2 is 2.07 bits per heavy atom. The highest BCUT2D eigenvalue weighted by atomic mass is 32.1. The molecular formula is C23H27N3O2S. The van der Waals surface area contributed by atoms with Gasteiger partial charge in [0.25, 0.3) is 0 Å². The monoisotopic (exact) mass is 409 g/mol. The maximum Gasteiger partial charge on any atom is 0.224 e. The van der Waals surface area contributed by atoms with Crippen molar-refractivity contribution in [2.24, 2.45) is 0 Å². The molecule has 152 valence electrons. The van der Waals surface area contributed by atoms with Gasteiger partial charge in [0.05, 0.1) is 21.5 Å². The number of aryl methyl sites for hydroxylation is 1. The van der Waals surface area contributed by atoms with Crippen molar-refractivity contribution in [3.8, 4) is 0 Å². The van der Waals surface area contributed by atoms with Crippen LogP contribution in [0.2, 0.25) is 0 Å². The molecule has 2 aromatic heterocycles. The molecule has 5 rings (SSSR count). The van der Waals surface area contributed by atoms with Gasteiger partial charge in [0, 0.05) is 30.5 Å². The molecule has 6 heteroatoms. The minimum absolute atomic E-state index is 0.00820. The fourth-order valence-electron chi connectivity index (χ4n) is 4.48. The first kappa shape index (κ1) is 18.8. The highest BCUT2D eigenvalue weighted by molar-refractivity contribution is 7.18. The van der Waals surface area contributed by atoms with Crippen LogP contribution in [0.1, 0.15) is 55.2 Å². The number of furan rings is 1. The molecule has 29 heavy (non-hydrogen) atoms. The number of hydrogen-bond donors (Lipinski definition) is 1. The van der Waals surface area contributed by atoms with Gasteiger partial charge < -0.3 is 14.6 Å². The van der Waals surface area contributed by atoms with E-state index in [0.29, 0.717) is 18.8 Å². The van der Waals surface area contributed by atoms with Crippen molar-refractivity contribution in [3.05, 3.63) is 47.4 Å². The molecule has 2 aliphatic rings. The smallest absolute Gasteiger partial charge is 0.224 e. The second kappa shape index (κ2) is 8.28. The average Bonchev–Trinajstić information content (AvgIpc) is 3.35. The van der Waals surface area contributed by atoms with E-state index >= 15 is 0 Å². The van der Waals surface area contributed by atoms with Crippen molar-refractivity contribution in [3.63, 3.8) is 0 Å². The Balaban J connectivity index is 1.18. The Hall–Kier alpha value is -2.18. The van der Waals surface area contributed by atoms with Gasteiger partial charge in [-0.05, 0) is 69.1 Å². The normalized spacial score (nSPS) is 22.5. The highest BCUT2D eigenvalue weighted by Gasteiger charge is 2.36. The predicted molar refractivity (Wildman–Crippen MR) is 116 cm³/mol. The summed E-state index contributed by atoms with van der Waals surface area (Å²) in [5.74, 6) is 1.45. The third-order valence-electron chi connectivity index (χ3n) is 6.24. The standard InChI is InChI=1S/C23H27N3O2S/c27-22(9-7-19-5-4-12-28-19)24-17-6-8-20-21(15-17)29-23(25-20)16-13-18(14-16)26-10-2-1-3-11-26/h4-6,8,12,15-16,18H,1-3,7,9-11,13-14H2,(H,24,27)/t16-,18+. The van der Waals surface area contributed by atoms with Crippen LogP contribution in [0.4, 0.5) is 5.69 Å². The van der Waals surface area contributed by atoms with E-state index in [0.717, 1.165) is 27.7 Å². The van der Waals surface area contributed by atoms with Crippen molar-refractivity contribution in [1.82, 2.24) is 9.88 Å². The molecule has 0 spiro atoms. The summed E-state index contributed by atoms with van der Waals surface area (Å²) in [7, 11) is 0. The first-order chi connectivity index (χ1) is 14.2. The first-order valence-corrected chi connectivity index (χ1v) is 11.5. The summed E-state index contributed by atoms with van der Waals surface area (Å²) < 4.78 is 6.45. The fourth-order valence-corrected chi connectivity index (χ4v) is 5.61. The third-order valence-corrected chi connectivity index (χ3v) is 7.42. The van der Waals surface area contributed by atoms with Gasteiger partial charge in [0.15, 0.2) is 0 Å². The first-order valence-electron chi connectivity index (χ1n) is 10.7. The van der Waals surface area contributed by atoms with Crippen LogP contribution in [0.5, 0.6) is 0 Å². The molecule has 0 bridgehead atoms. The van der Waals surface area contributed by atoms with Gasteiger partial charge in [-0.15, -0.1) is 11.3 Å². The Morgan fingerprint density at radius 1 is 1.21 bits per heavy atom. The summed E-state index contributed by atoms with van der Waals surface area (Å²) in [4.78, 5) is 19.8. The molecule has 1 saturated carbocycles. The number of likely N-dealkylation sites (tertiary alicyclic amines) is 1. The topological polar surface area (TPSA) is 58.4 Å². The summed E-state index contributed by atoms with van der Waals surface area (Å²) in [6.45, 7) is 2.56. The highest BCUT2D eigenvalue weighted by Crippen LogP contribution is 2.43. The molecule has 3 aromatic rings. The molecule has 5 nitrogen and oxygen atoms in total. The lowest BCUT2D eigenvalue weighted by Crippen LogP contribution is -2.46. The zero-order valence-electron chi connectivity index (χ0n) is 16.6. The van der Waals surface area contributed by atoms with Gasteiger partial charge in [0.1, 0.15) is 5.76 Å². The molecule has 2 fully saturated rings. The zero-order valence-corrected chi connectivity index (χ0v) is 17.4. The number of thiazole rings is 1. The van der Waals surface area contributed by atoms with E-state index < -0.39 is 0 Å². The number of nitrogens with zero attached hydrogens (tertiary/aromatic N) is 2. The summed E-state index contributed by atoms with van der Waals surface area (Å²) in [5, 5.41) is 4.26. The van der Waals surface area contributed by atoms with Crippen molar-refractivity contribution in [2.75, 3.05) is 18.4 Å². The van der Waals surface area contributed by atoms with Gasteiger partial charge in [-0.1, -0.05) is 6.42 Å². The van der Waals surface area contributed by atoms with E-state index in [1.807, 2.05) is 24.3 Å². The van der Waals surface area contributed by atoms with Crippen LogP contribution in [-0.2, 0) is 11.2 Å². The number of benzene rings is 1. The van der Waals surface area contributed by atoms with E-state index in [2.05, 4.69) is 16.3 Å². The number of hydrogen-bond acceptors (Lipinski definition) is 5. The number of carbonyl (C=O) groups is 1. The summed E-state index contributed by atoms with van der Waals surface area (Å²) in [5.41, 5.74) is 1.89. The SMILES string of the molecule is O=C(CCc1ccco1)Nc1ccc2nc([C@H]3C[C@@H](N4CCCCC4)C3)sc2c1. The minimum atomic E-state index is 0.00820. The number of fused-ring (bicyclic) bond motifs is 1. The van der Waals surface area contributed by atoms with Gasteiger partial charge in [-0.2, -0.15) is 0 Å². The van der Waals surface area contributed by atoms with Crippen molar-refractivity contribution in [1.29, 1.82) is 0 Å². The number of carbonyl (C=O) groups excluding carboxylic acids is 1. The third kappa shape index (κ3) is 4.23. The van der Waals surface area contributed by atoms with Crippen molar-refractivity contribution in [2.45, 2.75) is 56.9 Å². The Morgan fingerprint density at radius 3 is 2.86 bits per heavy atom. The van der Waals surface area contributed by atoms with Crippen LogP contribution in [0.25, 0.3) is 10.2 Å². The summed E-state index contributed by atoms with van der Waals surface area (Å²) >= 11 is 1.79. The maximum atomic E-state index is 12.2.